The highest BCUT2D eigenvalue weighted by Gasteiger charge is 2.30. The van der Waals surface area contributed by atoms with E-state index in [1.165, 1.54) is 17.0 Å². The Bertz CT molecular complexity index is 488. The first-order valence-electron chi connectivity index (χ1n) is 5.00. The smallest absolute Gasteiger partial charge is 0.335 e. The third kappa shape index (κ3) is 2.42. The van der Waals surface area contributed by atoms with Crippen molar-refractivity contribution in [3.8, 4) is 0 Å². The molecule has 1 amide bonds. The van der Waals surface area contributed by atoms with Gasteiger partial charge >= 0.3 is 5.97 Å². The molecule has 0 aliphatic carbocycles. The summed E-state index contributed by atoms with van der Waals surface area (Å²) in [6, 6.07) is 4.60. The molecule has 0 radical (unpaired) electrons. The van der Waals surface area contributed by atoms with Crippen LogP contribution in [0, 0.1) is 3.57 Å². The number of carbonyl (C=O) groups is 2. The molecular weight excluding hydrogens is 337 g/mol. The number of amides is 1. The van der Waals surface area contributed by atoms with Crippen molar-refractivity contribution in [3.05, 3.63) is 27.3 Å². The molecule has 1 aromatic rings. The first-order chi connectivity index (χ1) is 7.99. The van der Waals surface area contributed by atoms with E-state index in [9.17, 15) is 14.7 Å². The molecule has 0 spiro atoms. The van der Waals surface area contributed by atoms with Gasteiger partial charge in [0.1, 0.15) is 0 Å². The maximum absolute atomic E-state index is 11.6. The number of benzene rings is 1. The standard InChI is InChI=1S/C11H10INO4/c12-8-2-1-6(11(16)17)3-9(8)13-5-7(14)4-10(13)15/h1-3,7,14H,4-5H2,(H,16,17). The molecule has 6 heteroatoms. The zero-order valence-electron chi connectivity index (χ0n) is 8.76. The third-order valence-corrected chi connectivity index (χ3v) is 3.50. The number of aromatic carboxylic acids is 1. The van der Waals surface area contributed by atoms with Gasteiger partial charge in [-0.05, 0) is 40.8 Å². The predicted molar refractivity (Wildman–Crippen MR) is 69.1 cm³/mol. The second-order valence-electron chi connectivity index (χ2n) is 3.83. The Balaban J connectivity index is 2.41. The molecular formula is C11H10INO4. The van der Waals surface area contributed by atoms with Gasteiger partial charge in [-0.15, -0.1) is 0 Å². The molecule has 1 heterocycles. The molecule has 1 unspecified atom stereocenters. The van der Waals surface area contributed by atoms with Crippen LogP contribution >= 0.6 is 22.6 Å². The number of hydrogen-bond donors (Lipinski definition) is 2. The molecule has 90 valence electrons. The summed E-state index contributed by atoms with van der Waals surface area (Å²) >= 11 is 2.04. The summed E-state index contributed by atoms with van der Waals surface area (Å²) in [5.41, 5.74) is 0.682. The summed E-state index contributed by atoms with van der Waals surface area (Å²) in [7, 11) is 0. The minimum Gasteiger partial charge on any atom is -0.478 e. The van der Waals surface area contributed by atoms with Crippen LogP contribution in [0.3, 0.4) is 0 Å². The first kappa shape index (κ1) is 12.3. The van der Waals surface area contributed by atoms with Crippen LogP contribution < -0.4 is 4.90 Å². The fourth-order valence-electron chi connectivity index (χ4n) is 1.77. The van der Waals surface area contributed by atoms with Crippen molar-refractivity contribution in [1.29, 1.82) is 0 Å². The van der Waals surface area contributed by atoms with Crippen molar-refractivity contribution in [2.45, 2.75) is 12.5 Å². The van der Waals surface area contributed by atoms with Crippen LogP contribution in [0.4, 0.5) is 5.69 Å². The predicted octanol–water partition coefficient (Wildman–Crippen LogP) is 1.09. The van der Waals surface area contributed by atoms with Crippen LogP contribution in [0.25, 0.3) is 0 Å². The van der Waals surface area contributed by atoms with Crippen LogP contribution in [0.5, 0.6) is 0 Å². The normalized spacial score (nSPS) is 19.8. The SMILES string of the molecule is O=C(O)c1ccc(I)c(N2CC(O)CC2=O)c1. The van der Waals surface area contributed by atoms with Crippen LogP contribution in [-0.4, -0.2) is 34.7 Å². The van der Waals surface area contributed by atoms with Gasteiger partial charge in [-0.1, -0.05) is 0 Å². The lowest BCUT2D eigenvalue weighted by molar-refractivity contribution is -0.117. The second-order valence-corrected chi connectivity index (χ2v) is 5.00. The second kappa shape index (κ2) is 4.61. The highest BCUT2D eigenvalue weighted by molar-refractivity contribution is 14.1. The lowest BCUT2D eigenvalue weighted by Gasteiger charge is -2.18. The van der Waals surface area contributed by atoms with Crippen molar-refractivity contribution < 1.29 is 19.8 Å². The van der Waals surface area contributed by atoms with E-state index in [1.54, 1.807) is 6.07 Å². The molecule has 1 saturated heterocycles. The van der Waals surface area contributed by atoms with Gasteiger partial charge in [0.05, 0.1) is 30.3 Å². The topological polar surface area (TPSA) is 77.8 Å². The molecule has 2 rings (SSSR count). The molecule has 0 saturated carbocycles. The monoisotopic (exact) mass is 347 g/mol. The molecule has 1 aliphatic rings. The maximum atomic E-state index is 11.6. The van der Waals surface area contributed by atoms with Crippen molar-refractivity contribution in [2.24, 2.45) is 0 Å². The number of aliphatic hydroxyl groups excluding tert-OH is 1. The number of anilines is 1. The average Bonchev–Trinajstić information content (AvgIpc) is 2.58. The Hall–Kier alpha value is -1.15. The van der Waals surface area contributed by atoms with E-state index in [1.807, 2.05) is 22.6 Å². The molecule has 1 aromatic carbocycles. The van der Waals surface area contributed by atoms with Crippen LogP contribution in [0.1, 0.15) is 16.8 Å². The fraction of sp³-hybridized carbons (Fsp3) is 0.273. The molecule has 1 aliphatic heterocycles. The molecule has 0 aromatic heterocycles. The number of β-amino-alcohol motifs (C(OH)–C–C–N with tert-alkyl or cyclic N) is 1. The summed E-state index contributed by atoms with van der Waals surface area (Å²) in [5.74, 6) is -1.22. The number of aliphatic hydroxyl groups is 1. The Morgan fingerprint density at radius 3 is 2.71 bits per heavy atom. The highest BCUT2D eigenvalue weighted by Crippen LogP contribution is 2.28. The van der Waals surface area contributed by atoms with Crippen LogP contribution in [0.2, 0.25) is 0 Å². The van der Waals surface area contributed by atoms with E-state index < -0.39 is 12.1 Å². The summed E-state index contributed by atoms with van der Waals surface area (Å²) in [6.07, 6.45) is -0.584. The Kier molecular flexibility index (Phi) is 3.34. The fourth-order valence-corrected chi connectivity index (χ4v) is 2.40. The third-order valence-electron chi connectivity index (χ3n) is 2.59. The zero-order chi connectivity index (χ0) is 12.6. The molecule has 5 nitrogen and oxygen atoms in total. The first-order valence-corrected chi connectivity index (χ1v) is 6.08. The minimum atomic E-state index is -1.03. The molecule has 1 fully saturated rings. The van der Waals surface area contributed by atoms with Crippen molar-refractivity contribution in [3.63, 3.8) is 0 Å². The Morgan fingerprint density at radius 1 is 1.47 bits per heavy atom. The number of nitrogens with zero attached hydrogens (tertiary/aromatic N) is 1. The number of carboxylic acids is 1. The molecule has 1 atom stereocenters. The number of halogens is 1. The van der Waals surface area contributed by atoms with E-state index in [-0.39, 0.29) is 24.4 Å². The van der Waals surface area contributed by atoms with Gasteiger partial charge in [0.15, 0.2) is 0 Å². The van der Waals surface area contributed by atoms with E-state index in [0.29, 0.717) is 5.69 Å². The quantitative estimate of drug-likeness (QED) is 0.785. The average molecular weight is 347 g/mol. The number of hydrogen-bond acceptors (Lipinski definition) is 3. The van der Waals surface area contributed by atoms with Gasteiger partial charge in [0.25, 0.3) is 0 Å². The number of rotatable bonds is 2. The molecule has 2 N–H and O–H groups in total. The maximum Gasteiger partial charge on any atom is 0.335 e. The van der Waals surface area contributed by atoms with E-state index in [4.69, 9.17) is 5.11 Å². The summed E-state index contributed by atoms with van der Waals surface area (Å²) in [6.45, 7) is 0.220. The largest absolute Gasteiger partial charge is 0.478 e. The van der Waals surface area contributed by atoms with Crippen LogP contribution in [0.15, 0.2) is 18.2 Å². The summed E-state index contributed by atoms with van der Waals surface area (Å²) < 4.78 is 0.787. The van der Waals surface area contributed by atoms with E-state index >= 15 is 0 Å². The van der Waals surface area contributed by atoms with Gasteiger partial charge in [0, 0.05) is 3.57 Å². The summed E-state index contributed by atoms with van der Waals surface area (Å²) in [4.78, 5) is 23.9. The minimum absolute atomic E-state index is 0.0907. The Labute approximate surface area is 111 Å². The van der Waals surface area contributed by atoms with Gasteiger partial charge in [-0.25, -0.2) is 4.79 Å². The van der Waals surface area contributed by atoms with Gasteiger partial charge in [-0.2, -0.15) is 0 Å². The van der Waals surface area contributed by atoms with Gasteiger partial charge in [-0.3, -0.25) is 4.79 Å². The number of carboxylic acid groups (broad SMARTS) is 1. The van der Waals surface area contributed by atoms with Crippen molar-refractivity contribution in [2.75, 3.05) is 11.4 Å². The van der Waals surface area contributed by atoms with E-state index in [0.717, 1.165) is 3.57 Å². The lowest BCUT2D eigenvalue weighted by Crippen LogP contribution is -2.26. The lowest BCUT2D eigenvalue weighted by atomic mass is 10.2. The highest BCUT2D eigenvalue weighted by atomic mass is 127. The van der Waals surface area contributed by atoms with E-state index in [2.05, 4.69) is 0 Å². The zero-order valence-corrected chi connectivity index (χ0v) is 10.9. The Morgan fingerprint density at radius 2 is 2.18 bits per heavy atom. The molecule has 0 bridgehead atoms. The summed E-state index contributed by atoms with van der Waals surface area (Å²) in [5, 5.41) is 18.3. The van der Waals surface area contributed by atoms with Crippen molar-refractivity contribution >= 4 is 40.2 Å². The van der Waals surface area contributed by atoms with Gasteiger partial charge < -0.3 is 15.1 Å². The van der Waals surface area contributed by atoms with Crippen molar-refractivity contribution in [1.82, 2.24) is 0 Å². The van der Waals surface area contributed by atoms with Crippen LogP contribution in [-0.2, 0) is 4.79 Å². The molecule has 17 heavy (non-hydrogen) atoms. The number of carbonyl (C=O) groups excluding carboxylic acids is 1. The van der Waals surface area contributed by atoms with Gasteiger partial charge in [0.2, 0.25) is 5.91 Å².